The first-order valence-electron chi connectivity index (χ1n) is 6.98. The van der Waals surface area contributed by atoms with Crippen LogP contribution in [0.25, 0.3) is 10.9 Å². The fourth-order valence-corrected chi connectivity index (χ4v) is 2.72. The SMILES string of the molecule is CCn1c(O)c(N=NC(=O)c2ccncc2)c2cc(Br)ccc21. The van der Waals surface area contributed by atoms with Crippen molar-refractivity contribution >= 4 is 38.4 Å². The normalized spacial score (nSPS) is 11.4. The molecule has 0 unspecified atom stereocenters. The Labute approximate surface area is 140 Å². The predicted octanol–water partition coefficient (Wildman–Crippen LogP) is 4.45. The van der Waals surface area contributed by atoms with Gasteiger partial charge in [0.05, 0.1) is 5.52 Å². The summed E-state index contributed by atoms with van der Waals surface area (Å²) >= 11 is 3.40. The third-order valence-corrected chi connectivity index (χ3v) is 3.95. The fraction of sp³-hybridized carbons (Fsp3) is 0.125. The minimum absolute atomic E-state index is 0.00752. The molecule has 0 aliphatic rings. The first kappa shape index (κ1) is 15.4. The van der Waals surface area contributed by atoms with E-state index in [2.05, 4.69) is 31.1 Å². The molecule has 7 heteroatoms. The third kappa shape index (κ3) is 2.87. The molecule has 0 bridgehead atoms. The maximum atomic E-state index is 12.0. The molecule has 1 N–H and O–H groups in total. The Morgan fingerprint density at radius 2 is 2.04 bits per heavy atom. The number of nitrogens with zero attached hydrogens (tertiary/aromatic N) is 4. The molecule has 0 fully saturated rings. The summed E-state index contributed by atoms with van der Waals surface area (Å²) in [5, 5.41) is 18.8. The number of rotatable bonds is 3. The standard InChI is InChI=1S/C16H13BrN4O2/c1-2-21-13-4-3-11(17)9-12(13)14(16(21)23)19-20-15(22)10-5-7-18-8-6-10/h3-9,23H,2H2,1H3. The average molecular weight is 373 g/mol. The van der Waals surface area contributed by atoms with E-state index in [1.165, 1.54) is 12.4 Å². The zero-order valence-electron chi connectivity index (χ0n) is 12.3. The van der Waals surface area contributed by atoms with Gasteiger partial charge in [0.1, 0.15) is 0 Å². The molecule has 0 aliphatic heterocycles. The highest BCUT2D eigenvalue weighted by molar-refractivity contribution is 9.10. The second-order valence-corrected chi connectivity index (χ2v) is 5.73. The Bertz CT molecular complexity index is 903. The van der Waals surface area contributed by atoms with Crippen LogP contribution in [0.2, 0.25) is 0 Å². The fourth-order valence-electron chi connectivity index (χ4n) is 2.36. The molecule has 0 saturated carbocycles. The molecule has 3 rings (SSSR count). The zero-order chi connectivity index (χ0) is 16.4. The maximum Gasteiger partial charge on any atom is 0.295 e. The number of azo groups is 1. The lowest BCUT2D eigenvalue weighted by molar-refractivity contribution is 0.0995. The van der Waals surface area contributed by atoms with Gasteiger partial charge in [0, 0.05) is 34.4 Å². The Morgan fingerprint density at radius 3 is 2.74 bits per heavy atom. The lowest BCUT2D eigenvalue weighted by Crippen LogP contribution is -1.93. The summed E-state index contributed by atoms with van der Waals surface area (Å²) in [6.45, 7) is 2.50. The van der Waals surface area contributed by atoms with Crippen molar-refractivity contribution in [1.82, 2.24) is 9.55 Å². The highest BCUT2D eigenvalue weighted by Crippen LogP contribution is 2.40. The van der Waals surface area contributed by atoms with Crippen LogP contribution in [-0.4, -0.2) is 20.6 Å². The van der Waals surface area contributed by atoms with Crippen LogP contribution in [0.4, 0.5) is 5.69 Å². The van der Waals surface area contributed by atoms with E-state index in [4.69, 9.17) is 0 Å². The lowest BCUT2D eigenvalue weighted by atomic mass is 10.2. The number of amides is 1. The van der Waals surface area contributed by atoms with Gasteiger partial charge in [-0.3, -0.25) is 9.78 Å². The molecule has 6 nitrogen and oxygen atoms in total. The van der Waals surface area contributed by atoms with E-state index in [0.29, 0.717) is 12.1 Å². The van der Waals surface area contributed by atoms with Crippen molar-refractivity contribution in [2.75, 3.05) is 0 Å². The highest BCUT2D eigenvalue weighted by atomic mass is 79.9. The number of halogens is 1. The number of pyridine rings is 1. The van der Waals surface area contributed by atoms with Gasteiger partial charge in [0.2, 0.25) is 5.88 Å². The first-order chi connectivity index (χ1) is 11.1. The molecule has 2 heterocycles. The second-order valence-electron chi connectivity index (χ2n) is 4.82. The predicted molar refractivity (Wildman–Crippen MR) is 90.1 cm³/mol. The van der Waals surface area contributed by atoms with Crippen molar-refractivity contribution in [2.24, 2.45) is 10.2 Å². The van der Waals surface area contributed by atoms with Crippen molar-refractivity contribution in [3.63, 3.8) is 0 Å². The minimum Gasteiger partial charge on any atom is -0.493 e. The molecule has 0 radical (unpaired) electrons. The second kappa shape index (κ2) is 6.29. The van der Waals surface area contributed by atoms with Crippen molar-refractivity contribution < 1.29 is 9.90 Å². The van der Waals surface area contributed by atoms with Crippen molar-refractivity contribution in [3.05, 3.63) is 52.8 Å². The number of aryl methyl sites for hydroxylation is 1. The van der Waals surface area contributed by atoms with Crippen molar-refractivity contribution in [3.8, 4) is 5.88 Å². The number of aromatic nitrogens is 2. The number of benzene rings is 1. The summed E-state index contributed by atoms with van der Waals surface area (Å²) in [5.74, 6) is -0.494. The van der Waals surface area contributed by atoms with Gasteiger partial charge >= 0.3 is 0 Å². The van der Waals surface area contributed by atoms with Crippen molar-refractivity contribution in [1.29, 1.82) is 0 Å². The summed E-state index contributed by atoms with van der Waals surface area (Å²) in [7, 11) is 0. The molecule has 3 aromatic rings. The number of fused-ring (bicyclic) bond motifs is 1. The quantitative estimate of drug-likeness (QED) is 0.689. The molecule has 0 atom stereocenters. The van der Waals surface area contributed by atoms with Crippen LogP contribution in [0.1, 0.15) is 17.3 Å². The van der Waals surface area contributed by atoms with Crippen LogP contribution >= 0.6 is 15.9 Å². The molecule has 2 aromatic heterocycles. The number of carbonyl (C=O) groups excluding carboxylic acids is 1. The van der Waals surface area contributed by atoms with Crippen LogP contribution in [0, 0.1) is 0 Å². The van der Waals surface area contributed by atoms with E-state index in [1.807, 2.05) is 25.1 Å². The molecule has 0 aliphatic carbocycles. The molecule has 23 heavy (non-hydrogen) atoms. The van der Waals surface area contributed by atoms with Crippen LogP contribution in [-0.2, 0) is 6.54 Å². The van der Waals surface area contributed by atoms with Gasteiger partial charge in [-0.25, -0.2) is 0 Å². The maximum absolute atomic E-state index is 12.0. The van der Waals surface area contributed by atoms with Gasteiger partial charge in [0.25, 0.3) is 5.91 Å². The number of carbonyl (C=O) groups is 1. The largest absolute Gasteiger partial charge is 0.493 e. The molecule has 1 amide bonds. The first-order valence-corrected chi connectivity index (χ1v) is 7.78. The smallest absolute Gasteiger partial charge is 0.295 e. The van der Waals surface area contributed by atoms with E-state index >= 15 is 0 Å². The molecular formula is C16H13BrN4O2. The monoisotopic (exact) mass is 372 g/mol. The Morgan fingerprint density at radius 1 is 1.30 bits per heavy atom. The van der Waals surface area contributed by atoms with Gasteiger partial charge in [-0.1, -0.05) is 15.9 Å². The average Bonchev–Trinajstić information content (AvgIpc) is 2.83. The molecule has 1 aromatic carbocycles. The minimum atomic E-state index is -0.487. The van der Waals surface area contributed by atoms with Crippen LogP contribution in [0.3, 0.4) is 0 Å². The number of hydrogen-bond donors (Lipinski definition) is 1. The zero-order valence-corrected chi connectivity index (χ0v) is 13.9. The Kier molecular flexibility index (Phi) is 4.20. The summed E-state index contributed by atoms with van der Waals surface area (Å²) in [6.07, 6.45) is 3.03. The van der Waals surface area contributed by atoms with E-state index in [-0.39, 0.29) is 11.6 Å². The van der Waals surface area contributed by atoms with Gasteiger partial charge in [-0.05, 0) is 37.3 Å². The number of hydrogen-bond acceptors (Lipinski definition) is 4. The lowest BCUT2D eigenvalue weighted by Gasteiger charge is -2.01. The van der Waals surface area contributed by atoms with Crippen LogP contribution < -0.4 is 0 Å². The van der Waals surface area contributed by atoms with Gasteiger partial charge in [0.15, 0.2) is 5.69 Å². The number of aromatic hydroxyl groups is 1. The van der Waals surface area contributed by atoms with Crippen LogP contribution in [0.5, 0.6) is 5.88 Å². The Hall–Kier alpha value is -2.54. The van der Waals surface area contributed by atoms with E-state index in [9.17, 15) is 9.90 Å². The molecule has 0 saturated heterocycles. The van der Waals surface area contributed by atoms with Gasteiger partial charge in [-0.15, -0.1) is 10.2 Å². The summed E-state index contributed by atoms with van der Waals surface area (Å²) in [4.78, 5) is 15.9. The van der Waals surface area contributed by atoms with Crippen LogP contribution in [0.15, 0.2) is 57.4 Å². The van der Waals surface area contributed by atoms with Crippen molar-refractivity contribution in [2.45, 2.75) is 13.5 Å². The summed E-state index contributed by atoms with van der Waals surface area (Å²) in [5.41, 5.74) is 1.51. The van der Waals surface area contributed by atoms with Gasteiger partial charge < -0.3 is 9.67 Å². The molecule has 116 valence electrons. The van der Waals surface area contributed by atoms with E-state index in [0.717, 1.165) is 15.4 Å². The van der Waals surface area contributed by atoms with E-state index in [1.54, 1.807) is 16.7 Å². The highest BCUT2D eigenvalue weighted by Gasteiger charge is 2.16. The van der Waals surface area contributed by atoms with E-state index < -0.39 is 5.91 Å². The topological polar surface area (TPSA) is 79.8 Å². The third-order valence-electron chi connectivity index (χ3n) is 3.46. The summed E-state index contributed by atoms with van der Waals surface area (Å²) in [6, 6.07) is 8.73. The molecular weight excluding hydrogens is 360 g/mol. The summed E-state index contributed by atoms with van der Waals surface area (Å²) < 4.78 is 2.57. The molecule has 0 spiro atoms. The Balaban J connectivity index is 2.06. The van der Waals surface area contributed by atoms with Gasteiger partial charge in [-0.2, -0.15) is 0 Å².